The van der Waals surface area contributed by atoms with Gasteiger partial charge in [0.05, 0.1) is 10.0 Å². The van der Waals surface area contributed by atoms with Crippen LogP contribution in [0.1, 0.15) is 15.9 Å². The van der Waals surface area contributed by atoms with Crippen LogP contribution in [0.15, 0.2) is 77.7 Å². The van der Waals surface area contributed by atoms with E-state index in [0.717, 1.165) is 21.9 Å². The minimum atomic E-state index is -0.125. The Balaban J connectivity index is 1.63. The Hall–Kier alpha value is -1.94. The van der Waals surface area contributed by atoms with E-state index < -0.39 is 0 Å². The second-order valence-corrected chi connectivity index (χ2v) is 7.16. The molecule has 0 heterocycles. The molecule has 0 aliphatic rings. The summed E-state index contributed by atoms with van der Waals surface area (Å²) in [5.41, 5.74) is 2.49. The summed E-state index contributed by atoms with van der Waals surface area (Å²) < 4.78 is 0. The lowest BCUT2D eigenvalue weighted by Crippen LogP contribution is -2.11. The largest absolute Gasteiger partial charge is 0.322 e. The molecule has 25 heavy (non-hydrogen) atoms. The monoisotopic (exact) mass is 387 g/mol. The van der Waals surface area contributed by atoms with Crippen molar-refractivity contribution < 1.29 is 4.79 Å². The van der Waals surface area contributed by atoms with Gasteiger partial charge in [0.2, 0.25) is 0 Å². The van der Waals surface area contributed by atoms with Gasteiger partial charge in [-0.3, -0.25) is 4.79 Å². The van der Waals surface area contributed by atoms with Crippen LogP contribution >= 0.6 is 35.0 Å². The van der Waals surface area contributed by atoms with E-state index in [0.29, 0.717) is 15.6 Å². The lowest BCUT2D eigenvalue weighted by molar-refractivity contribution is 0.102. The van der Waals surface area contributed by atoms with Crippen LogP contribution < -0.4 is 5.32 Å². The van der Waals surface area contributed by atoms with Gasteiger partial charge in [0.1, 0.15) is 0 Å². The Bertz CT molecular complexity index is 846. The molecule has 0 fully saturated rings. The van der Waals surface area contributed by atoms with Gasteiger partial charge in [-0.2, -0.15) is 0 Å². The Labute approximate surface area is 161 Å². The van der Waals surface area contributed by atoms with E-state index in [2.05, 4.69) is 5.32 Å². The van der Waals surface area contributed by atoms with Crippen LogP contribution in [0, 0.1) is 0 Å². The molecule has 0 aromatic heterocycles. The zero-order chi connectivity index (χ0) is 17.6. The van der Waals surface area contributed by atoms with Gasteiger partial charge in [-0.05, 0) is 42.0 Å². The van der Waals surface area contributed by atoms with Crippen molar-refractivity contribution in [3.63, 3.8) is 0 Å². The Morgan fingerprint density at radius 3 is 2.12 bits per heavy atom. The second-order valence-electron chi connectivity index (χ2n) is 5.36. The molecule has 0 radical (unpaired) electrons. The Morgan fingerprint density at radius 2 is 1.48 bits per heavy atom. The summed E-state index contributed by atoms with van der Waals surface area (Å²) in [5.74, 6) is 0.601. The number of rotatable bonds is 5. The van der Waals surface area contributed by atoms with E-state index in [9.17, 15) is 4.79 Å². The lowest BCUT2D eigenvalue weighted by Gasteiger charge is -2.08. The Morgan fingerprint density at radius 1 is 0.840 bits per heavy atom. The summed E-state index contributed by atoms with van der Waals surface area (Å²) in [5, 5.41) is 4.17. The number of anilines is 1. The van der Waals surface area contributed by atoms with Crippen LogP contribution in [0.2, 0.25) is 10.0 Å². The summed E-state index contributed by atoms with van der Waals surface area (Å²) in [6, 6.07) is 22.4. The molecule has 3 rings (SSSR count). The summed E-state index contributed by atoms with van der Waals surface area (Å²) in [7, 11) is 0. The number of hydrogen-bond acceptors (Lipinski definition) is 2. The van der Waals surface area contributed by atoms with Gasteiger partial charge >= 0.3 is 0 Å². The molecule has 5 heteroatoms. The fourth-order valence-electron chi connectivity index (χ4n) is 2.25. The molecule has 0 atom stereocenters. The molecule has 3 aromatic carbocycles. The molecule has 0 aliphatic heterocycles. The van der Waals surface area contributed by atoms with Crippen molar-refractivity contribution in [3.8, 4) is 0 Å². The van der Waals surface area contributed by atoms with Crippen LogP contribution in [-0.2, 0) is 5.75 Å². The van der Waals surface area contributed by atoms with Gasteiger partial charge in [0.25, 0.3) is 5.91 Å². The average molecular weight is 388 g/mol. The van der Waals surface area contributed by atoms with Crippen molar-refractivity contribution in [1.82, 2.24) is 0 Å². The molecule has 1 amide bonds. The highest BCUT2D eigenvalue weighted by Gasteiger charge is 2.08. The minimum Gasteiger partial charge on any atom is -0.322 e. The van der Waals surface area contributed by atoms with Crippen molar-refractivity contribution in [2.45, 2.75) is 10.6 Å². The third-order valence-corrected chi connectivity index (χ3v) is 5.61. The van der Waals surface area contributed by atoms with Gasteiger partial charge in [-0.25, -0.2) is 0 Å². The third kappa shape index (κ3) is 4.79. The first-order chi connectivity index (χ1) is 12.1. The first-order valence-corrected chi connectivity index (χ1v) is 9.40. The SMILES string of the molecule is O=C(Nc1ccccc1)c1ccc(CSc2c(Cl)cccc2Cl)cc1. The lowest BCUT2D eigenvalue weighted by atomic mass is 10.1. The van der Waals surface area contributed by atoms with E-state index in [1.165, 1.54) is 0 Å². The van der Waals surface area contributed by atoms with Gasteiger partial charge < -0.3 is 5.32 Å². The van der Waals surface area contributed by atoms with Crippen molar-refractivity contribution in [2.75, 3.05) is 5.32 Å². The molecule has 0 aliphatic carbocycles. The summed E-state index contributed by atoms with van der Waals surface area (Å²) in [6.45, 7) is 0. The molecule has 0 spiro atoms. The van der Waals surface area contributed by atoms with E-state index in [1.807, 2.05) is 72.8 Å². The maximum atomic E-state index is 12.2. The molecule has 0 saturated carbocycles. The molecule has 0 saturated heterocycles. The highest BCUT2D eigenvalue weighted by Crippen LogP contribution is 2.35. The maximum absolute atomic E-state index is 12.2. The number of benzene rings is 3. The van der Waals surface area contributed by atoms with Crippen molar-refractivity contribution >= 4 is 46.6 Å². The van der Waals surface area contributed by atoms with Gasteiger partial charge in [-0.15, -0.1) is 11.8 Å². The maximum Gasteiger partial charge on any atom is 0.255 e. The normalized spacial score (nSPS) is 10.5. The fraction of sp³-hybridized carbons (Fsp3) is 0.0500. The smallest absolute Gasteiger partial charge is 0.255 e. The topological polar surface area (TPSA) is 29.1 Å². The van der Waals surface area contributed by atoms with Crippen LogP contribution in [0.4, 0.5) is 5.69 Å². The van der Waals surface area contributed by atoms with E-state index in [-0.39, 0.29) is 5.91 Å². The van der Waals surface area contributed by atoms with Gasteiger partial charge in [0.15, 0.2) is 0 Å². The number of para-hydroxylation sites is 1. The molecule has 0 unspecified atom stereocenters. The number of amides is 1. The standard InChI is InChI=1S/C20H15Cl2NOS/c21-17-7-4-8-18(22)19(17)25-13-14-9-11-15(12-10-14)20(24)23-16-5-2-1-3-6-16/h1-12H,13H2,(H,23,24). The molecule has 126 valence electrons. The highest BCUT2D eigenvalue weighted by molar-refractivity contribution is 7.98. The quantitative estimate of drug-likeness (QED) is 0.503. The molecule has 2 nitrogen and oxygen atoms in total. The zero-order valence-electron chi connectivity index (χ0n) is 13.2. The summed E-state index contributed by atoms with van der Waals surface area (Å²) >= 11 is 13.9. The summed E-state index contributed by atoms with van der Waals surface area (Å²) in [4.78, 5) is 13.1. The van der Waals surface area contributed by atoms with E-state index in [1.54, 1.807) is 11.8 Å². The van der Waals surface area contributed by atoms with Crippen LogP contribution in [0.25, 0.3) is 0 Å². The first-order valence-electron chi connectivity index (χ1n) is 7.65. The molecule has 0 bridgehead atoms. The Kier molecular flexibility index (Phi) is 6.03. The van der Waals surface area contributed by atoms with Gasteiger partial charge in [-0.1, -0.05) is 59.6 Å². The molecule has 3 aromatic rings. The van der Waals surface area contributed by atoms with Gasteiger partial charge in [0, 0.05) is 21.9 Å². The van der Waals surface area contributed by atoms with E-state index in [4.69, 9.17) is 23.2 Å². The second kappa shape index (κ2) is 8.43. The number of carbonyl (C=O) groups is 1. The van der Waals surface area contributed by atoms with Crippen LogP contribution in [-0.4, -0.2) is 5.91 Å². The number of hydrogen-bond donors (Lipinski definition) is 1. The molecule has 1 N–H and O–H groups in total. The first kappa shape index (κ1) is 17.9. The average Bonchev–Trinajstić information content (AvgIpc) is 2.62. The predicted octanol–water partition coefficient (Wildman–Crippen LogP) is 6.54. The highest BCUT2D eigenvalue weighted by atomic mass is 35.5. The third-order valence-electron chi connectivity index (χ3n) is 3.55. The van der Waals surface area contributed by atoms with Crippen molar-refractivity contribution in [1.29, 1.82) is 0 Å². The number of thioether (sulfide) groups is 1. The molecular formula is C20H15Cl2NOS. The molecular weight excluding hydrogens is 373 g/mol. The van der Waals surface area contributed by atoms with Crippen molar-refractivity contribution in [3.05, 3.63) is 94.0 Å². The summed E-state index contributed by atoms with van der Waals surface area (Å²) in [6.07, 6.45) is 0. The predicted molar refractivity (Wildman–Crippen MR) is 107 cm³/mol. The van der Waals surface area contributed by atoms with Crippen LogP contribution in [0.5, 0.6) is 0 Å². The van der Waals surface area contributed by atoms with Crippen molar-refractivity contribution in [2.24, 2.45) is 0 Å². The number of halogens is 2. The zero-order valence-corrected chi connectivity index (χ0v) is 15.5. The minimum absolute atomic E-state index is 0.125. The number of nitrogens with one attached hydrogen (secondary N) is 1. The van der Waals surface area contributed by atoms with E-state index >= 15 is 0 Å². The van der Waals surface area contributed by atoms with Crippen LogP contribution in [0.3, 0.4) is 0 Å². The fourth-order valence-corrected chi connectivity index (χ4v) is 3.89. The number of carbonyl (C=O) groups excluding carboxylic acids is 1.